The maximum atomic E-state index is 4.07. The molecule has 0 amide bonds. The van der Waals surface area contributed by atoms with Crippen molar-refractivity contribution < 1.29 is 20.9 Å². The Hall–Kier alpha value is 0.540. The van der Waals surface area contributed by atoms with Crippen LogP contribution in [0.4, 0.5) is 0 Å². The minimum atomic E-state index is 0. The summed E-state index contributed by atoms with van der Waals surface area (Å²) >= 11 is 1.52. The van der Waals surface area contributed by atoms with E-state index in [1.165, 1.54) is 85.1 Å². The summed E-state index contributed by atoms with van der Waals surface area (Å²) in [6, 6.07) is 0. The van der Waals surface area contributed by atoms with Gasteiger partial charge in [0.05, 0.1) is 0 Å². The van der Waals surface area contributed by atoms with Gasteiger partial charge in [0.25, 0.3) is 0 Å². The molecule has 0 saturated heterocycles. The van der Waals surface area contributed by atoms with E-state index in [1.54, 1.807) is 0 Å². The summed E-state index contributed by atoms with van der Waals surface area (Å²) in [5.74, 6) is 2.03. The van der Waals surface area contributed by atoms with Crippen LogP contribution in [0.5, 0.6) is 0 Å². The second-order valence-electron chi connectivity index (χ2n) is 7.74. The van der Waals surface area contributed by atoms with Crippen molar-refractivity contribution in [3.8, 4) is 0 Å². The van der Waals surface area contributed by atoms with Crippen LogP contribution in [-0.4, -0.2) is 5.54 Å². The molecule has 0 aromatic rings. The van der Waals surface area contributed by atoms with Crippen molar-refractivity contribution in [2.24, 2.45) is 15.2 Å². The second-order valence-corrected chi connectivity index (χ2v) is 8.23. The number of hydrogen-bond donors (Lipinski definition) is 0. The average molecular weight is 401 g/mol. The van der Waals surface area contributed by atoms with Gasteiger partial charge in [-0.15, -0.1) is 0 Å². The van der Waals surface area contributed by atoms with E-state index in [1.807, 2.05) is 0 Å². The molecule has 0 aliphatic heterocycles. The van der Waals surface area contributed by atoms with E-state index in [0.717, 1.165) is 11.8 Å². The van der Waals surface area contributed by atoms with Crippen LogP contribution in [0.2, 0.25) is 0 Å². The fraction of sp³-hybridized carbons (Fsp3) is 0.857. The number of hydrogen-bond acceptors (Lipinski definition) is 1. The van der Waals surface area contributed by atoms with Crippen molar-refractivity contribution in [2.45, 2.75) is 104 Å². The van der Waals surface area contributed by atoms with Gasteiger partial charge < -0.3 is 20.3 Å². The third-order valence-electron chi connectivity index (χ3n) is 4.44. The average Bonchev–Trinajstić information content (AvgIpc) is 2.57. The Balaban J connectivity index is 0. The molecular formula is C21H42NNb-3. The van der Waals surface area contributed by atoms with E-state index in [0.29, 0.717) is 0 Å². The summed E-state index contributed by atoms with van der Waals surface area (Å²) in [6.07, 6.45) is 19.0. The summed E-state index contributed by atoms with van der Waals surface area (Å²) in [7, 11) is 0. The molecule has 0 spiro atoms. The SMILES string of the molecule is CC(C)(C)[N]=[Nb].CCC1C[CH-]CC(CC)C1.[CH-]1CCCCC1.[CH3-]. The molecule has 2 aliphatic carbocycles. The van der Waals surface area contributed by atoms with Crippen molar-refractivity contribution in [2.75, 3.05) is 0 Å². The Bertz CT molecular complexity index is 232. The smallest absolute Gasteiger partial charge is 0.0525 e. The van der Waals surface area contributed by atoms with E-state index in [4.69, 9.17) is 0 Å². The van der Waals surface area contributed by atoms with Gasteiger partial charge in [0, 0.05) is 0 Å². The van der Waals surface area contributed by atoms with Crippen molar-refractivity contribution >= 4 is 0 Å². The first-order chi connectivity index (χ1) is 10.4. The van der Waals surface area contributed by atoms with E-state index < -0.39 is 0 Å². The van der Waals surface area contributed by atoms with Crippen LogP contribution in [0.25, 0.3) is 0 Å². The first-order valence-electron chi connectivity index (χ1n) is 9.42. The third kappa shape index (κ3) is 17.2. The van der Waals surface area contributed by atoms with Gasteiger partial charge in [-0.1, -0.05) is 64.2 Å². The molecule has 23 heavy (non-hydrogen) atoms. The molecule has 2 heteroatoms. The van der Waals surface area contributed by atoms with E-state index >= 15 is 0 Å². The molecule has 1 nitrogen and oxygen atoms in total. The Morgan fingerprint density at radius 1 is 0.913 bits per heavy atom. The molecule has 0 radical (unpaired) electrons. The van der Waals surface area contributed by atoms with Gasteiger partial charge in [0.1, 0.15) is 0 Å². The number of nitrogens with zero attached hydrogens (tertiary/aromatic N) is 1. The predicted molar refractivity (Wildman–Crippen MR) is 102 cm³/mol. The van der Waals surface area contributed by atoms with Crippen molar-refractivity contribution in [3.63, 3.8) is 0 Å². The zero-order valence-corrected chi connectivity index (χ0v) is 19.0. The van der Waals surface area contributed by atoms with Crippen LogP contribution < -0.4 is 0 Å². The zero-order chi connectivity index (χ0) is 16.8. The Morgan fingerprint density at radius 2 is 1.35 bits per heavy atom. The zero-order valence-electron chi connectivity index (χ0n) is 16.8. The molecule has 139 valence electrons. The Kier molecular flexibility index (Phi) is 18.0. The van der Waals surface area contributed by atoms with Gasteiger partial charge in [0.2, 0.25) is 0 Å². The first kappa shape index (κ1) is 25.8. The molecule has 2 rings (SSSR count). The quantitative estimate of drug-likeness (QED) is 0.335. The van der Waals surface area contributed by atoms with E-state index in [9.17, 15) is 0 Å². The van der Waals surface area contributed by atoms with Gasteiger partial charge in [-0.25, -0.2) is 0 Å². The van der Waals surface area contributed by atoms with Gasteiger partial charge in [-0.2, -0.15) is 25.7 Å². The molecule has 2 atom stereocenters. The summed E-state index contributed by atoms with van der Waals surface area (Å²) in [6.45, 7) is 10.9. The molecule has 0 bridgehead atoms. The molecule has 0 heterocycles. The third-order valence-corrected chi connectivity index (χ3v) is 5.91. The minimum Gasteiger partial charge on any atom is -0.358 e. The molecule has 2 fully saturated rings. The second kappa shape index (κ2) is 16.0. The van der Waals surface area contributed by atoms with Crippen LogP contribution >= 0.6 is 0 Å². The van der Waals surface area contributed by atoms with E-state index in [2.05, 4.69) is 50.8 Å². The van der Waals surface area contributed by atoms with Gasteiger partial charge in [0.15, 0.2) is 0 Å². The topological polar surface area (TPSA) is 12.4 Å². The summed E-state index contributed by atoms with van der Waals surface area (Å²) in [5, 5.41) is 0. The molecule has 0 N–H and O–H groups in total. The molecule has 2 aliphatic rings. The maximum Gasteiger partial charge on any atom is -0.0525 e. The monoisotopic (exact) mass is 401 g/mol. The molecule has 0 aromatic carbocycles. The van der Waals surface area contributed by atoms with Gasteiger partial charge >= 0.3 is 50.5 Å². The van der Waals surface area contributed by atoms with Crippen LogP contribution in [0.1, 0.15) is 98.8 Å². The van der Waals surface area contributed by atoms with Crippen molar-refractivity contribution in [3.05, 3.63) is 20.3 Å². The summed E-state index contributed by atoms with van der Waals surface area (Å²) < 4.78 is 4.07. The summed E-state index contributed by atoms with van der Waals surface area (Å²) in [5.41, 5.74) is 0.189. The van der Waals surface area contributed by atoms with Gasteiger partial charge in [-0.3, -0.25) is 0 Å². The standard InChI is InChI=1S/C10H19.C6H11.C4H9N.CH3.Nb/c1-3-9-6-5-7-10(4-2)8-9;1-2-4-6-5-3-1;1-4(2,3)5;;/h5,9-10H,3-4,6-8H2,1-2H3;1H,2-6H2;1-3H3;1H3;/q2*-1;;-1;. The fourth-order valence-corrected chi connectivity index (χ4v) is 2.80. The molecule has 2 saturated carbocycles. The maximum absolute atomic E-state index is 4.07. The predicted octanol–water partition coefficient (Wildman–Crippen LogP) is 7.55. The van der Waals surface area contributed by atoms with Crippen LogP contribution in [0, 0.1) is 32.1 Å². The van der Waals surface area contributed by atoms with Crippen molar-refractivity contribution in [1.29, 1.82) is 0 Å². The van der Waals surface area contributed by atoms with Crippen LogP contribution in [-0.2, 0) is 20.9 Å². The van der Waals surface area contributed by atoms with Crippen LogP contribution in [0.3, 0.4) is 0 Å². The van der Waals surface area contributed by atoms with Crippen LogP contribution in [0.15, 0.2) is 3.34 Å². The number of rotatable bonds is 2. The summed E-state index contributed by atoms with van der Waals surface area (Å²) in [4.78, 5) is 0. The Labute approximate surface area is 160 Å². The first-order valence-corrected chi connectivity index (χ1v) is 10.4. The largest absolute Gasteiger partial charge is 0.358 e. The van der Waals surface area contributed by atoms with Crippen molar-refractivity contribution in [1.82, 2.24) is 0 Å². The Morgan fingerprint density at radius 3 is 1.57 bits per heavy atom. The van der Waals surface area contributed by atoms with Gasteiger partial charge in [-0.05, 0) is 0 Å². The minimum absolute atomic E-state index is 0. The van der Waals surface area contributed by atoms with E-state index in [-0.39, 0.29) is 13.0 Å². The molecule has 2 unspecified atom stereocenters. The normalized spacial score (nSPS) is 24.0. The molecular weight excluding hydrogens is 359 g/mol. The fourth-order valence-electron chi connectivity index (χ4n) is 2.80. The molecule has 0 aromatic heterocycles.